The number of rotatable bonds is 8. The molecule has 2 unspecified atom stereocenters. The molecule has 0 aliphatic heterocycles. The molecule has 0 saturated heterocycles. The fourth-order valence-electron chi connectivity index (χ4n) is 1.11. The average Bonchev–Trinajstić information content (AvgIpc) is 2.26. The highest BCUT2D eigenvalue weighted by molar-refractivity contribution is 9.10. The summed E-state index contributed by atoms with van der Waals surface area (Å²) in [5, 5.41) is 0. The number of carbonyl (C=O) groups is 1. The van der Waals surface area contributed by atoms with Crippen molar-refractivity contribution in [3.05, 3.63) is 0 Å². The fourth-order valence-corrected chi connectivity index (χ4v) is 3.80. The topological polar surface area (TPSA) is 52.6 Å². The highest BCUT2D eigenvalue weighted by Crippen LogP contribution is 2.51. The zero-order valence-electron chi connectivity index (χ0n) is 10.2. The van der Waals surface area contributed by atoms with Crippen LogP contribution in [0.5, 0.6) is 0 Å². The van der Waals surface area contributed by atoms with Crippen molar-refractivity contribution in [3.8, 4) is 0 Å². The van der Waals surface area contributed by atoms with E-state index in [2.05, 4.69) is 15.9 Å². The SMILES string of the molecule is CCOP(=O)(OCC)C(=O)C(Br)C(C)CC. The van der Waals surface area contributed by atoms with E-state index in [9.17, 15) is 9.36 Å². The van der Waals surface area contributed by atoms with Crippen LogP contribution in [0.2, 0.25) is 0 Å². The molecule has 0 aliphatic rings. The van der Waals surface area contributed by atoms with Gasteiger partial charge in [-0.15, -0.1) is 0 Å². The van der Waals surface area contributed by atoms with Crippen molar-refractivity contribution in [1.29, 1.82) is 0 Å². The zero-order valence-corrected chi connectivity index (χ0v) is 12.7. The number of hydrogen-bond acceptors (Lipinski definition) is 4. The summed E-state index contributed by atoms with van der Waals surface area (Å²) in [5.41, 5.74) is -0.481. The molecular weight excluding hydrogens is 295 g/mol. The van der Waals surface area contributed by atoms with Gasteiger partial charge in [-0.05, 0) is 19.8 Å². The molecule has 0 spiro atoms. The summed E-state index contributed by atoms with van der Waals surface area (Å²) >= 11 is 3.26. The van der Waals surface area contributed by atoms with E-state index >= 15 is 0 Å². The molecule has 96 valence electrons. The lowest BCUT2D eigenvalue weighted by Crippen LogP contribution is -2.23. The van der Waals surface area contributed by atoms with Crippen molar-refractivity contribution in [1.82, 2.24) is 0 Å². The lowest BCUT2D eigenvalue weighted by molar-refractivity contribution is -0.114. The molecule has 0 rings (SSSR count). The van der Waals surface area contributed by atoms with Gasteiger partial charge in [-0.25, -0.2) is 0 Å². The highest BCUT2D eigenvalue weighted by Gasteiger charge is 2.40. The largest absolute Gasteiger partial charge is 0.397 e. The molecule has 0 fully saturated rings. The van der Waals surface area contributed by atoms with Crippen LogP contribution in [0.15, 0.2) is 0 Å². The molecule has 0 radical (unpaired) electrons. The minimum absolute atomic E-state index is 0.0988. The first kappa shape index (κ1) is 16.3. The standard InChI is InChI=1S/C10H20BrO4P/c1-5-8(4)9(11)10(12)16(13,14-6-2)15-7-3/h8-9H,5-7H2,1-4H3. The molecule has 0 aromatic rings. The van der Waals surface area contributed by atoms with Crippen molar-refractivity contribution in [2.24, 2.45) is 5.92 Å². The van der Waals surface area contributed by atoms with Crippen LogP contribution in [0.1, 0.15) is 34.1 Å². The second-order valence-corrected chi connectivity index (χ2v) is 6.40. The predicted octanol–water partition coefficient (Wildman–Crippen LogP) is 3.59. The second-order valence-electron chi connectivity index (χ2n) is 3.46. The molecule has 6 heteroatoms. The third-order valence-electron chi connectivity index (χ3n) is 2.25. The van der Waals surface area contributed by atoms with Crippen LogP contribution in [-0.2, 0) is 18.4 Å². The Morgan fingerprint density at radius 3 is 2.00 bits per heavy atom. The van der Waals surface area contributed by atoms with Gasteiger partial charge in [0.05, 0.1) is 18.0 Å². The molecule has 0 N–H and O–H groups in total. The lowest BCUT2D eigenvalue weighted by Gasteiger charge is -2.21. The van der Waals surface area contributed by atoms with Gasteiger partial charge in [0, 0.05) is 0 Å². The molecule has 0 bridgehead atoms. The molecule has 0 amide bonds. The molecule has 4 nitrogen and oxygen atoms in total. The second kappa shape index (κ2) is 7.59. The van der Waals surface area contributed by atoms with Crippen molar-refractivity contribution >= 4 is 29.1 Å². The van der Waals surface area contributed by atoms with E-state index in [0.29, 0.717) is 0 Å². The number of alkyl halides is 1. The van der Waals surface area contributed by atoms with E-state index in [0.717, 1.165) is 6.42 Å². The summed E-state index contributed by atoms with van der Waals surface area (Å²) in [6, 6.07) is 0. The van der Waals surface area contributed by atoms with E-state index < -0.39 is 17.9 Å². The van der Waals surface area contributed by atoms with E-state index in [-0.39, 0.29) is 19.1 Å². The van der Waals surface area contributed by atoms with E-state index in [1.165, 1.54) is 0 Å². The molecular formula is C10H20BrO4P. The summed E-state index contributed by atoms with van der Waals surface area (Å²) in [7, 11) is -3.62. The monoisotopic (exact) mass is 314 g/mol. The summed E-state index contributed by atoms with van der Waals surface area (Å²) in [6.07, 6.45) is 0.819. The van der Waals surface area contributed by atoms with Crippen LogP contribution >= 0.6 is 23.5 Å². The van der Waals surface area contributed by atoms with E-state index in [4.69, 9.17) is 9.05 Å². The minimum atomic E-state index is -3.62. The molecule has 0 saturated carbocycles. The first-order valence-electron chi connectivity index (χ1n) is 5.50. The van der Waals surface area contributed by atoms with Crippen molar-refractivity contribution in [2.75, 3.05) is 13.2 Å². The quantitative estimate of drug-likeness (QED) is 0.507. The number of halogens is 1. The van der Waals surface area contributed by atoms with Crippen LogP contribution in [0.3, 0.4) is 0 Å². The van der Waals surface area contributed by atoms with E-state index in [1.807, 2.05) is 13.8 Å². The zero-order chi connectivity index (χ0) is 12.8. The van der Waals surface area contributed by atoms with Gasteiger partial charge in [-0.1, -0.05) is 36.2 Å². The molecule has 2 atom stereocenters. The van der Waals surface area contributed by atoms with Crippen molar-refractivity contribution < 1.29 is 18.4 Å². The van der Waals surface area contributed by atoms with Gasteiger partial charge in [0.15, 0.2) is 0 Å². The van der Waals surface area contributed by atoms with Gasteiger partial charge in [0.2, 0.25) is 0 Å². The number of hydrogen-bond donors (Lipinski definition) is 0. The maximum atomic E-state index is 12.2. The molecule has 0 heterocycles. The van der Waals surface area contributed by atoms with Gasteiger partial charge in [0.1, 0.15) is 0 Å². The van der Waals surface area contributed by atoms with Crippen LogP contribution in [0, 0.1) is 5.92 Å². The Morgan fingerprint density at radius 2 is 1.69 bits per heavy atom. The Morgan fingerprint density at radius 1 is 1.25 bits per heavy atom. The molecule has 0 aromatic carbocycles. The summed E-state index contributed by atoms with van der Waals surface area (Å²) in [5.74, 6) is 0.0988. The van der Waals surface area contributed by atoms with Crippen LogP contribution < -0.4 is 0 Å². The van der Waals surface area contributed by atoms with Gasteiger partial charge < -0.3 is 9.05 Å². The Labute approximate surface area is 106 Å². The normalized spacial score (nSPS) is 15.8. The van der Waals surface area contributed by atoms with E-state index in [1.54, 1.807) is 13.8 Å². The molecule has 16 heavy (non-hydrogen) atoms. The Kier molecular flexibility index (Phi) is 7.73. The third kappa shape index (κ3) is 4.28. The Bertz CT molecular complexity index is 260. The predicted molar refractivity (Wildman–Crippen MR) is 68.0 cm³/mol. The van der Waals surface area contributed by atoms with Crippen molar-refractivity contribution in [2.45, 2.75) is 38.9 Å². The highest BCUT2D eigenvalue weighted by atomic mass is 79.9. The summed E-state index contributed by atoms with van der Waals surface area (Å²) in [4.78, 5) is 11.5. The maximum absolute atomic E-state index is 12.2. The number of carbonyl (C=O) groups excluding carboxylic acids is 1. The van der Waals surface area contributed by atoms with Crippen LogP contribution in [0.4, 0.5) is 0 Å². The van der Waals surface area contributed by atoms with Gasteiger partial charge in [0.25, 0.3) is 5.52 Å². The van der Waals surface area contributed by atoms with Gasteiger partial charge in [-0.2, -0.15) is 0 Å². The third-order valence-corrected chi connectivity index (χ3v) is 5.93. The van der Waals surface area contributed by atoms with Crippen LogP contribution in [0.25, 0.3) is 0 Å². The first-order chi connectivity index (χ1) is 7.42. The molecule has 0 aromatic heterocycles. The first-order valence-corrected chi connectivity index (χ1v) is 7.96. The van der Waals surface area contributed by atoms with Gasteiger partial charge in [-0.3, -0.25) is 9.36 Å². The van der Waals surface area contributed by atoms with Crippen molar-refractivity contribution in [3.63, 3.8) is 0 Å². The smallest absolute Gasteiger partial charge is 0.303 e. The van der Waals surface area contributed by atoms with Gasteiger partial charge >= 0.3 is 7.60 Å². The van der Waals surface area contributed by atoms with Crippen LogP contribution in [-0.4, -0.2) is 23.6 Å². The Balaban J connectivity index is 4.80. The lowest BCUT2D eigenvalue weighted by atomic mass is 10.1. The summed E-state index contributed by atoms with van der Waals surface area (Å²) < 4.78 is 22.2. The average molecular weight is 315 g/mol. The minimum Gasteiger partial charge on any atom is -0.303 e. The maximum Gasteiger partial charge on any atom is 0.397 e. The summed E-state index contributed by atoms with van der Waals surface area (Å²) in [6.45, 7) is 7.65. The molecule has 0 aliphatic carbocycles. The Hall–Kier alpha value is 0.300. The fraction of sp³-hybridized carbons (Fsp3) is 0.900.